The first-order valence-corrected chi connectivity index (χ1v) is 12.6. The maximum atomic E-state index is 14.0. The van der Waals surface area contributed by atoms with E-state index in [4.69, 9.17) is 10.5 Å². The zero-order valence-corrected chi connectivity index (χ0v) is 21.7. The van der Waals surface area contributed by atoms with Crippen molar-refractivity contribution >= 4 is 11.8 Å². The van der Waals surface area contributed by atoms with Gasteiger partial charge in [-0.05, 0) is 92.3 Å². The molecule has 0 spiro atoms. The summed E-state index contributed by atoms with van der Waals surface area (Å²) in [7, 11) is 0. The van der Waals surface area contributed by atoms with Crippen molar-refractivity contribution < 1.29 is 18.3 Å². The molecular formula is C30H35F2N3O2. The van der Waals surface area contributed by atoms with Crippen LogP contribution in [0.3, 0.4) is 0 Å². The molecule has 0 saturated carbocycles. The molecule has 1 unspecified atom stereocenters. The zero-order valence-electron chi connectivity index (χ0n) is 21.7. The monoisotopic (exact) mass is 507 g/mol. The SMILES string of the molecule is CC(C)(C)OC(=O)N(CCN1Cc2cc(F)ccc2CC1Cc1ccc(F)cc1)Cc1cccc(N)c1. The lowest BCUT2D eigenvalue weighted by Crippen LogP contribution is -2.47. The van der Waals surface area contributed by atoms with Crippen molar-refractivity contribution in [3.05, 3.63) is 101 Å². The van der Waals surface area contributed by atoms with E-state index in [1.54, 1.807) is 23.1 Å². The van der Waals surface area contributed by atoms with Crippen LogP contribution >= 0.6 is 0 Å². The number of ether oxygens (including phenoxy) is 1. The fourth-order valence-corrected chi connectivity index (χ4v) is 4.75. The Bertz CT molecular complexity index is 1220. The molecule has 1 atom stereocenters. The van der Waals surface area contributed by atoms with Crippen LogP contribution in [0.5, 0.6) is 0 Å². The summed E-state index contributed by atoms with van der Waals surface area (Å²) in [4.78, 5) is 17.1. The fourth-order valence-electron chi connectivity index (χ4n) is 4.75. The van der Waals surface area contributed by atoms with Crippen LogP contribution in [0, 0.1) is 11.6 Å². The molecule has 3 aromatic carbocycles. The van der Waals surface area contributed by atoms with Crippen LogP contribution < -0.4 is 5.73 Å². The molecule has 0 radical (unpaired) electrons. The van der Waals surface area contributed by atoms with E-state index < -0.39 is 11.7 Å². The summed E-state index contributed by atoms with van der Waals surface area (Å²) in [6.45, 7) is 7.47. The maximum Gasteiger partial charge on any atom is 0.410 e. The highest BCUT2D eigenvalue weighted by Gasteiger charge is 2.29. The minimum atomic E-state index is -0.627. The molecule has 7 heteroatoms. The van der Waals surface area contributed by atoms with Crippen molar-refractivity contribution in [1.82, 2.24) is 9.80 Å². The average Bonchev–Trinajstić information content (AvgIpc) is 2.82. The summed E-state index contributed by atoms with van der Waals surface area (Å²) in [5, 5.41) is 0. The Labute approximate surface area is 217 Å². The Hall–Kier alpha value is -3.45. The minimum Gasteiger partial charge on any atom is -0.444 e. The predicted octanol–water partition coefficient (Wildman–Crippen LogP) is 5.95. The first kappa shape index (κ1) is 26.6. The van der Waals surface area contributed by atoms with Crippen molar-refractivity contribution in [1.29, 1.82) is 0 Å². The minimum absolute atomic E-state index is 0.122. The van der Waals surface area contributed by atoms with Crippen LogP contribution in [0.15, 0.2) is 66.7 Å². The number of rotatable bonds is 7. The number of halogens is 2. The smallest absolute Gasteiger partial charge is 0.410 e. The van der Waals surface area contributed by atoms with Crippen LogP contribution in [-0.4, -0.2) is 40.6 Å². The van der Waals surface area contributed by atoms with Crippen LogP contribution in [-0.2, 0) is 30.7 Å². The number of hydrogen-bond donors (Lipinski definition) is 1. The van der Waals surface area contributed by atoms with Gasteiger partial charge in [-0.25, -0.2) is 13.6 Å². The number of carbonyl (C=O) groups excluding carboxylic acids is 1. The quantitative estimate of drug-likeness (QED) is 0.401. The van der Waals surface area contributed by atoms with Crippen molar-refractivity contribution in [2.75, 3.05) is 18.8 Å². The van der Waals surface area contributed by atoms with Crippen molar-refractivity contribution in [2.45, 2.75) is 58.3 Å². The van der Waals surface area contributed by atoms with Crippen LogP contribution in [0.1, 0.15) is 43.0 Å². The molecule has 1 aliphatic rings. The summed E-state index contributed by atoms with van der Waals surface area (Å²) in [6.07, 6.45) is 1.07. The van der Waals surface area contributed by atoms with Crippen molar-refractivity contribution in [3.8, 4) is 0 Å². The molecule has 0 saturated heterocycles. The molecular weight excluding hydrogens is 472 g/mol. The molecule has 4 rings (SSSR count). The molecule has 1 amide bonds. The molecule has 0 aromatic heterocycles. The first-order chi connectivity index (χ1) is 17.6. The summed E-state index contributed by atoms with van der Waals surface area (Å²) in [5.74, 6) is -0.521. The van der Waals surface area contributed by atoms with Crippen molar-refractivity contribution in [3.63, 3.8) is 0 Å². The van der Waals surface area contributed by atoms with Gasteiger partial charge in [-0.3, -0.25) is 4.90 Å². The van der Waals surface area contributed by atoms with Crippen LogP contribution in [0.25, 0.3) is 0 Å². The van der Waals surface area contributed by atoms with Gasteiger partial charge in [0.15, 0.2) is 0 Å². The summed E-state index contributed by atoms with van der Waals surface area (Å²) >= 11 is 0. The molecule has 2 N–H and O–H groups in total. The van der Waals surface area contributed by atoms with E-state index in [0.29, 0.717) is 31.9 Å². The van der Waals surface area contributed by atoms with E-state index >= 15 is 0 Å². The summed E-state index contributed by atoms with van der Waals surface area (Å²) < 4.78 is 33.2. The lowest BCUT2D eigenvalue weighted by molar-refractivity contribution is 0.0198. The van der Waals surface area contributed by atoms with Gasteiger partial charge in [0.1, 0.15) is 17.2 Å². The first-order valence-electron chi connectivity index (χ1n) is 12.6. The van der Waals surface area contributed by atoms with E-state index in [-0.39, 0.29) is 17.7 Å². The van der Waals surface area contributed by atoms with Gasteiger partial charge >= 0.3 is 6.09 Å². The molecule has 3 aromatic rings. The molecule has 0 bridgehead atoms. The molecule has 1 aliphatic heterocycles. The standard InChI is InChI=1S/C30H35F2N3O2/c1-30(2,3)37-29(36)35(19-22-5-4-6-27(33)15-22)14-13-34-20-24-17-26(32)12-9-23(24)18-28(34)16-21-7-10-25(31)11-8-21/h4-12,15,17,28H,13-14,16,18-20,33H2,1-3H3. The number of amides is 1. The fraction of sp³-hybridized carbons (Fsp3) is 0.367. The Balaban J connectivity index is 1.55. The average molecular weight is 508 g/mol. The second-order valence-corrected chi connectivity index (χ2v) is 10.7. The number of benzene rings is 3. The predicted molar refractivity (Wildman–Crippen MR) is 142 cm³/mol. The zero-order chi connectivity index (χ0) is 26.6. The molecule has 37 heavy (non-hydrogen) atoms. The van der Waals surface area contributed by atoms with E-state index in [1.807, 2.05) is 51.1 Å². The van der Waals surface area contributed by atoms with Gasteiger partial charge in [0.25, 0.3) is 0 Å². The number of anilines is 1. The molecule has 0 aliphatic carbocycles. The highest BCUT2D eigenvalue weighted by Crippen LogP contribution is 2.27. The lowest BCUT2D eigenvalue weighted by Gasteiger charge is -2.38. The number of nitrogen functional groups attached to an aromatic ring is 1. The van der Waals surface area contributed by atoms with Gasteiger partial charge < -0.3 is 15.4 Å². The summed E-state index contributed by atoms with van der Waals surface area (Å²) in [6, 6.07) is 19.1. The third kappa shape index (κ3) is 7.52. The van der Waals surface area contributed by atoms with Crippen molar-refractivity contribution in [2.24, 2.45) is 0 Å². The number of nitrogens with zero attached hydrogens (tertiary/aromatic N) is 2. The molecule has 0 fully saturated rings. The Kier molecular flexibility index (Phi) is 8.13. The van der Waals surface area contributed by atoms with Gasteiger partial charge in [-0.2, -0.15) is 0 Å². The molecule has 5 nitrogen and oxygen atoms in total. The Morgan fingerprint density at radius 2 is 1.73 bits per heavy atom. The molecule has 1 heterocycles. The Morgan fingerprint density at radius 1 is 1.00 bits per heavy atom. The normalized spacial score (nSPS) is 15.8. The lowest BCUT2D eigenvalue weighted by atomic mass is 9.90. The maximum absolute atomic E-state index is 14.0. The van der Waals surface area contributed by atoms with Crippen LogP contribution in [0.2, 0.25) is 0 Å². The Morgan fingerprint density at radius 3 is 2.43 bits per heavy atom. The van der Waals surface area contributed by atoms with Gasteiger partial charge in [0, 0.05) is 37.9 Å². The van der Waals surface area contributed by atoms with Gasteiger partial charge in [-0.1, -0.05) is 30.3 Å². The van der Waals surface area contributed by atoms with E-state index in [9.17, 15) is 13.6 Å². The van der Waals surface area contributed by atoms with Gasteiger partial charge in [0.2, 0.25) is 0 Å². The highest BCUT2D eigenvalue weighted by atomic mass is 19.1. The van der Waals surface area contributed by atoms with E-state index in [0.717, 1.165) is 35.1 Å². The summed E-state index contributed by atoms with van der Waals surface area (Å²) in [5.41, 5.74) is 9.99. The second kappa shape index (κ2) is 11.3. The molecule has 196 valence electrons. The number of carbonyl (C=O) groups is 1. The van der Waals surface area contributed by atoms with Crippen LogP contribution in [0.4, 0.5) is 19.3 Å². The number of nitrogens with two attached hydrogens (primary N) is 1. The van der Waals surface area contributed by atoms with Gasteiger partial charge in [0.05, 0.1) is 0 Å². The second-order valence-electron chi connectivity index (χ2n) is 10.7. The number of fused-ring (bicyclic) bond motifs is 1. The third-order valence-electron chi connectivity index (χ3n) is 6.53. The van der Waals surface area contributed by atoms with E-state index in [1.165, 1.54) is 18.2 Å². The van der Waals surface area contributed by atoms with E-state index in [2.05, 4.69) is 4.90 Å². The largest absolute Gasteiger partial charge is 0.444 e. The number of hydrogen-bond acceptors (Lipinski definition) is 4. The third-order valence-corrected chi connectivity index (χ3v) is 6.53. The van der Waals surface area contributed by atoms with Gasteiger partial charge in [-0.15, -0.1) is 0 Å². The topological polar surface area (TPSA) is 58.8 Å². The highest BCUT2D eigenvalue weighted by molar-refractivity contribution is 5.68.